The van der Waals surface area contributed by atoms with E-state index in [2.05, 4.69) is 42.4 Å². The summed E-state index contributed by atoms with van der Waals surface area (Å²) in [4.78, 5) is 11.5. The third kappa shape index (κ3) is 1.27. The lowest BCUT2D eigenvalue weighted by atomic mass is 10.2. The molecular weight excluding hydrogens is 219 g/mol. The normalized spacial score (nSPS) is 11.3. The van der Waals surface area contributed by atoms with Crippen LogP contribution in [-0.2, 0) is 6.16 Å². The van der Waals surface area contributed by atoms with Crippen molar-refractivity contribution in [3.05, 3.63) is 30.1 Å². The second-order valence-electron chi connectivity index (χ2n) is 3.69. The van der Waals surface area contributed by atoms with Crippen LogP contribution in [0.5, 0.6) is 0 Å². The van der Waals surface area contributed by atoms with Crippen LogP contribution in [0.4, 0.5) is 5.82 Å². The number of nitrogens with two attached hydrogens (primary N) is 1. The van der Waals surface area contributed by atoms with Gasteiger partial charge in [-0.25, -0.2) is 9.97 Å². The number of aromatic nitrogens is 3. The van der Waals surface area contributed by atoms with Crippen LogP contribution in [0, 0.1) is 0 Å². The highest BCUT2D eigenvalue weighted by Gasteiger charge is 2.08. The van der Waals surface area contributed by atoms with Crippen LogP contribution in [0.3, 0.4) is 0 Å². The van der Waals surface area contributed by atoms with Crippen molar-refractivity contribution in [2.45, 2.75) is 6.16 Å². The second-order valence-corrected chi connectivity index (χ2v) is 4.10. The summed E-state index contributed by atoms with van der Waals surface area (Å²) >= 11 is 0. The summed E-state index contributed by atoms with van der Waals surface area (Å²) in [5, 5.41) is 1.09. The first-order valence-electron chi connectivity index (χ1n) is 5.00. The molecule has 0 bridgehead atoms. The molecule has 4 nitrogen and oxygen atoms in total. The summed E-state index contributed by atoms with van der Waals surface area (Å²) in [7, 11) is 2.71. The lowest BCUT2D eigenvalue weighted by molar-refractivity contribution is 1.23. The number of anilines is 1. The Morgan fingerprint density at radius 3 is 3.00 bits per heavy atom. The average Bonchev–Trinajstić information content (AvgIpc) is 2.68. The number of rotatable bonds is 1. The lowest BCUT2D eigenvalue weighted by Gasteiger charge is -1.95. The Balaban J connectivity index is 2.45. The zero-order chi connectivity index (χ0) is 11.1. The van der Waals surface area contributed by atoms with Crippen molar-refractivity contribution < 1.29 is 0 Å². The highest BCUT2D eigenvalue weighted by molar-refractivity contribution is 7.15. The fourth-order valence-corrected chi connectivity index (χ4v) is 2.14. The van der Waals surface area contributed by atoms with E-state index < -0.39 is 0 Å². The lowest BCUT2D eigenvalue weighted by Crippen LogP contribution is -1.91. The molecule has 16 heavy (non-hydrogen) atoms. The molecule has 1 unspecified atom stereocenters. The molecule has 1 atom stereocenters. The first kappa shape index (κ1) is 9.55. The van der Waals surface area contributed by atoms with Gasteiger partial charge in [-0.1, -0.05) is 12.1 Å². The quantitative estimate of drug-likeness (QED) is 0.629. The summed E-state index contributed by atoms with van der Waals surface area (Å²) in [5.74, 6) is 0.494. The molecule has 2 aromatic heterocycles. The number of nitrogen functional groups attached to an aromatic ring is 1. The van der Waals surface area contributed by atoms with Crippen LogP contribution in [0.25, 0.3) is 21.9 Å². The molecule has 3 rings (SSSR count). The van der Waals surface area contributed by atoms with E-state index in [0.29, 0.717) is 5.82 Å². The minimum Gasteiger partial charge on any atom is -0.382 e. The second kappa shape index (κ2) is 3.42. The molecular formula is C11H11N4P. The molecule has 3 N–H and O–H groups in total. The molecule has 0 aliphatic carbocycles. The van der Waals surface area contributed by atoms with Crippen LogP contribution in [0.2, 0.25) is 0 Å². The maximum atomic E-state index is 5.80. The molecule has 2 heterocycles. The van der Waals surface area contributed by atoms with Gasteiger partial charge >= 0.3 is 0 Å². The molecule has 0 spiro atoms. The Morgan fingerprint density at radius 2 is 2.19 bits per heavy atom. The van der Waals surface area contributed by atoms with Crippen LogP contribution in [0.1, 0.15) is 5.56 Å². The number of benzene rings is 1. The van der Waals surface area contributed by atoms with Gasteiger partial charge < -0.3 is 10.7 Å². The van der Waals surface area contributed by atoms with E-state index >= 15 is 0 Å². The van der Waals surface area contributed by atoms with Crippen LogP contribution >= 0.6 is 9.24 Å². The van der Waals surface area contributed by atoms with Crippen molar-refractivity contribution in [2.75, 3.05) is 5.73 Å². The number of fused-ring (bicyclic) bond motifs is 3. The van der Waals surface area contributed by atoms with E-state index in [1.165, 1.54) is 11.9 Å². The van der Waals surface area contributed by atoms with Crippen LogP contribution in [-0.4, -0.2) is 15.0 Å². The highest BCUT2D eigenvalue weighted by Crippen LogP contribution is 2.26. The Bertz CT molecular complexity index is 674. The molecule has 0 aliphatic rings. The molecule has 5 heteroatoms. The minimum absolute atomic E-state index is 0.494. The van der Waals surface area contributed by atoms with E-state index in [1.54, 1.807) is 0 Å². The van der Waals surface area contributed by atoms with Crippen molar-refractivity contribution in [3.8, 4) is 0 Å². The van der Waals surface area contributed by atoms with E-state index in [4.69, 9.17) is 5.73 Å². The summed E-state index contributed by atoms with van der Waals surface area (Å²) in [6.07, 6.45) is 2.43. The van der Waals surface area contributed by atoms with E-state index in [1.807, 2.05) is 0 Å². The van der Waals surface area contributed by atoms with E-state index in [0.717, 1.165) is 28.1 Å². The SMILES string of the molecule is Nc1ncnc2c1[nH]c1cc(CP)ccc12. The Kier molecular flexibility index (Phi) is 2.04. The largest absolute Gasteiger partial charge is 0.382 e. The number of hydrogen-bond acceptors (Lipinski definition) is 3. The minimum atomic E-state index is 0.494. The van der Waals surface area contributed by atoms with Crippen LogP contribution in [0.15, 0.2) is 24.5 Å². The first-order valence-corrected chi connectivity index (χ1v) is 5.82. The van der Waals surface area contributed by atoms with Gasteiger partial charge in [0.25, 0.3) is 0 Å². The number of aromatic amines is 1. The van der Waals surface area contributed by atoms with Crippen molar-refractivity contribution in [1.29, 1.82) is 0 Å². The molecule has 0 radical (unpaired) electrons. The Labute approximate surface area is 94.5 Å². The maximum Gasteiger partial charge on any atom is 0.151 e. The smallest absolute Gasteiger partial charge is 0.151 e. The van der Waals surface area contributed by atoms with Crippen LogP contribution < -0.4 is 5.73 Å². The Morgan fingerprint density at radius 1 is 1.31 bits per heavy atom. The van der Waals surface area contributed by atoms with Gasteiger partial charge in [0.1, 0.15) is 17.4 Å². The van der Waals surface area contributed by atoms with Gasteiger partial charge in [-0.2, -0.15) is 0 Å². The zero-order valence-electron chi connectivity index (χ0n) is 8.57. The molecule has 0 amide bonds. The average molecular weight is 230 g/mol. The standard InChI is InChI=1S/C11H11N4P/c12-11-10-9(13-5-14-11)7-2-1-6(4-16)3-8(7)15-10/h1-3,5,15H,4,16H2,(H2,12,13,14). The monoisotopic (exact) mass is 230 g/mol. The number of nitrogens with zero attached hydrogens (tertiary/aromatic N) is 2. The van der Waals surface area contributed by atoms with Crippen molar-refractivity contribution in [1.82, 2.24) is 15.0 Å². The summed E-state index contributed by atoms with van der Waals surface area (Å²) in [6, 6.07) is 6.28. The van der Waals surface area contributed by atoms with Crippen molar-refractivity contribution in [2.24, 2.45) is 0 Å². The fraction of sp³-hybridized carbons (Fsp3) is 0.0909. The van der Waals surface area contributed by atoms with E-state index in [-0.39, 0.29) is 0 Å². The van der Waals surface area contributed by atoms with Gasteiger partial charge in [-0.15, -0.1) is 9.24 Å². The first-order chi connectivity index (χ1) is 7.79. The molecule has 0 fully saturated rings. The zero-order valence-corrected chi connectivity index (χ0v) is 9.72. The summed E-state index contributed by atoms with van der Waals surface area (Å²) < 4.78 is 0. The van der Waals surface area contributed by atoms with Gasteiger partial charge in [-0.3, -0.25) is 0 Å². The Hall–Kier alpha value is -1.67. The molecule has 0 saturated heterocycles. The fourth-order valence-electron chi connectivity index (χ4n) is 1.89. The summed E-state index contributed by atoms with van der Waals surface area (Å²) in [6.45, 7) is 0. The molecule has 3 aromatic rings. The van der Waals surface area contributed by atoms with Crippen molar-refractivity contribution in [3.63, 3.8) is 0 Å². The molecule has 80 valence electrons. The van der Waals surface area contributed by atoms with Gasteiger partial charge in [0.2, 0.25) is 0 Å². The third-order valence-electron chi connectivity index (χ3n) is 2.71. The number of H-pyrrole nitrogens is 1. The predicted molar refractivity (Wildman–Crippen MR) is 69.2 cm³/mol. The van der Waals surface area contributed by atoms with Gasteiger partial charge in [0, 0.05) is 10.9 Å². The molecule has 0 aliphatic heterocycles. The molecule has 1 aromatic carbocycles. The molecule has 0 saturated carbocycles. The van der Waals surface area contributed by atoms with Gasteiger partial charge in [0.05, 0.1) is 0 Å². The number of nitrogens with one attached hydrogen (secondary N) is 1. The highest BCUT2D eigenvalue weighted by atomic mass is 31.0. The predicted octanol–water partition coefficient (Wildman–Crippen LogP) is 2.07. The van der Waals surface area contributed by atoms with E-state index in [9.17, 15) is 0 Å². The topological polar surface area (TPSA) is 67.6 Å². The maximum absolute atomic E-state index is 5.80. The van der Waals surface area contributed by atoms with Gasteiger partial charge in [-0.05, 0) is 17.8 Å². The van der Waals surface area contributed by atoms with Gasteiger partial charge in [0.15, 0.2) is 5.82 Å². The third-order valence-corrected chi connectivity index (χ3v) is 3.18. The summed E-state index contributed by atoms with van der Waals surface area (Å²) in [5.41, 5.74) is 9.83. The van der Waals surface area contributed by atoms with Crippen molar-refractivity contribution >= 4 is 37.0 Å². The number of hydrogen-bond donors (Lipinski definition) is 2.